The van der Waals surface area contributed by atoms with E-state index in [2.05, 4.69) is 18.1 Å². The van der Waals surface area contributed by atoms with Crippen LogP contribution in [0.4, 0.5) is 0 Å². The maximum absolute atomic E-state index is 12.2. The van der Waals surface area contributed by atoms with E-state index in [-0.39, 0.29) is 0 Å². The highest BCUT2D eigenvalue weighted by Gasteiger charge is 2.29. The molecule has 0 radical (unpaired) electrons. The smallest absolute Gasteiger partial charge is 0.264 e. The van der Waals surface area contributed by atoms with Crippen LogP contribution in [0.25, 0.3) is 11.4 Å². The molecule has 0 N–H and O–H groups in total. The molecule has 0 spiro atoms. The second-order valence-electron chi connectivity index (χ2n) is 6.88. The first-order chi connectivity index (χ1) is 12.4. The fraction of sp³-hybridized carbons (Fsp3) is 0.556. The lowest BCUT2D eigenvalue weighted by Crippen LogP contribution is -2.44. The maximum atomic E-state index is 12.2. The second kappa shape index (κ2) is 7.85. The zero-order valence-corrected chi connectivity index (χ0v) is 16.5. The van der Waals surface area contributed by atoms with Crippen LogP contribution in [0.5, 0.6) is 0 Å². The molecule has 0 bridgehead atoms. The summed E-state index contributed by atoms with van der Waals surface area (Å²) in [5.74, 6) is 0.461. The van der Waals surface area contributed by atoms with Crippen LogP contribution in [0, 0.1) is 5.92 Å². The van der Waals surface area contributed by atoms with E-state index >= 15 is 0 Å². The molecular formula is C18H27N5O2S. The summed E-state index contributed by atoms with van der Waals surface area (Å²) in [6, 6.07) is 8.09. The molecule has 2 aromatic heterocycles. The molecular weight excluding hydrogens is 350 g/mol. The lowest BCUT2D eigenvalue weighted by atomic mass is 9.93. The van der Waals surface area contributed by atoms with Crippen molar-refractivity contribution in [1.82, 2.24) is 23.4 Å². The molecule has 8 heteroatoms. The van der Waals surface area contributed by atoms with E-state index in [9.17, 15) is 8.42 Å². The maximum Gasteiger partial charge on any atom is 0.281 e. The monoisotopic (exact) mass is 377 g/mol. The summed E-state index contributed by atoms with van der Waals surface area (Å²) in [7, 11) is -0.137. The number of rotatable bonds is 6. The lowest BCUT2D eigenvalue weighted by molar-refractivity contribution is 0.261. The van der Waals surface area contributed by atoms with Crippen molar-refractivity contribution >= 4 is 10.2 Å². The van der Waals surface area contributed by atoms with E-state index in [0.29, 0.717) is 19.0 Å². The van der Waals surface area contributed by atoms with Crippen molar-refractivity contribution in [3.8, 4) is 11.4 Å². The van der Waals surface area contributed by atoms with Gasteiger partial charge in [0.15, 0.2) is 0 Å². The molecule has 7 nitrogen and oxygen atoms in total. The standard InChI is InChI=1S/C18H27N5O2S/c1-4-23-18(8-11-19-23)17-7-5-6-16(20-17)14-15-9-12-22(13-10-15)26(24,25)21(2)3/h5-8,11,15H,4,9-10,12-14H2,1-3H3. The van der Waals surface area contributed by atoms with Crippen LogP contribution in [-0.2, 0) is 23.2 Å². The normalized spacial score (nSPS) is 17.1. The molecule has 26 heavy (non-hydrogen) atoms. The molecule has 3 rings (SSSR count). The summed E-state index contributed by atoms with van der Waals surface area (Å²) < 4.78 is 29.2. The van der Waals surface area contributed by atoms with Crippen molar-refractivity contribution in [1.29, 1.82) is 0 Å². The van der Waals surface area contributed by atoms with Crippen molar-refractivity contribution in [3.05, 3.63) is 36.2 Å². The average Bonchev–Trinajstić information content (AvgIpc) is 3.11. The van der Waals surface area contributed by atoms with Crippen LogP contribution in [0.15, 0.2) is 30.5 Å². The summed E-state index contributed by atoms with van der Waals surface area (Å²) in [4.78, 5) is 4.81. The van der Waals surface area contributed by atoms with Crippen LogP contribution in [0.3, 0.4) is 0 Å². The van der Waals surface area contributed by atoms with Gasteiger partial charge in [-0.2, -0.15) is 22.1 Å². The zero-order valence-electron chi connectivity index (χ0n) is 15.7. The molecule has 3 heterocycles. The van der Waals surface area contributed by atoms with Crippen molar-refractivity contribution in [2.75, 3.05) is 27.2 Å². The van der Waals surface area contributed by atoms with E-state index in [1.165, 1.54) is 4.31 Å². The van der Waals surface area contributed by atoms with Crippen molar-refractivity contribution in [3.63, 3.8) is 0 Å². The Bertz CT molecular complexity index is 839. The molecule has 0 unspecified atom stereocenters. The molecule has 1 aliphatic rings. The Morgan fingerprint density at radius 2 is 1.92 bits per heavy atom. The molecule has 0 aromatic carbocycles. The van der Waals surface area contributed by atoms with E-state index in [1.807, 2.05) is 22.9 Å². The Morgan fingerprint density at radius 3 is 2.58 bits per heavy atom. The Kier molecular flexibility index (Phi) is 5.74. The summed E-state index contributed by atoms with van der Waals surface area (Å²) in [5.41, 5.74) is 3.02. The molecule has 1 saturated heterocycles. The van der Waals surface area contributed by atoms with Gasteiger partial charge in [-0.1, -0.05) is 6.07 Å². The molecule has 142 valence electrons. The van der Waals surface area contributed by atoms with Gasteiger partial charge in [-0.25, -0.2) is 0 Å². The number of aromatic nitrogens is 3. The molecule has 1 aliphatic heterocycles. The predicted molar refractivity (Wildman–Crippen MR) is 102 cm³/mol. The van der Waals surface area contributed by atoms with Gasteiger partial charge in [0.05, 0.1) is 11.4 Å². The molecule has 1 fully saturated rings. The number of piperidine rings is 1. The quantitative estimate of drug-likeness (QED) is 0.772. The van der Waals surface area contributed by atoms with Gasteiger partial charge >= 0.3 is 0 Å². The van der Waals surface area contributed by atoms with Gasteiger partial charge in [0.2, 0.25) is 0 Å². The van der Waals surface area contributed by atoms with Crippen molar-refractivity contribution < 1.29 is 8.42 Å². The predicted octanol–water partition coefficient (Wildman–Crippen LogP) is 2.03. The SMILES string of the molecule is CCn1nccc1-c1cccc(CC2CCN(S(=O)(=O)N(C)C)CC2)n1. The lowest BCUT2D eigenvalue weighted by Gasteiger charge is -2.32. The number of aryl methyl sites for hydroxylation is 1. The summed E-state index contributed by atoms with van der Waals surface area (Å²) >= 11 is 0. The Morgan fingerprint density at radius 1 is 1.19 bits per heavy atom. The highest BCUT2D eigenvalue weighted by atomic mass is 32.2. The highest BCUT2D eigenvalue weighted by molar-refractivity contribution is 7.86. The van der Waals surface area contributed by atoms with Gasteiger partial charge < -0.3 is 0 Å². The Labute approximate surface area is 155 Å². The van der Waals surface area contributed by atoms with Crippen LogP contribution in [-0.4, -0.2) is 59.0 Å². The van der Waals surface area contributed by atoms with Crippen molar-refractivity contribution in [2.24, 2.45) is 5.92 Å². The Hall–Kier alpha value is -1.77. The third-order valence-electron chi connectivity index (χ3n) is 4.94. The van der Waals surface area contributed by atoms with Crippen LogP contribution in [0.1, 0.15) is 25.5 Å². The highest BCUT2D eigenvalue weighted by Crippen LogP contribution is 2.24. The van der Waals surface area contributed by atoms with E-state index in [1.54, 1.807) is 24.6 Å². The van der Waals surface area contributed by atoms with Gasteiger partial charge in [-0.05, 0) is 50.3 Å². The number of nitrogens with zero attached hydrogens (tertiary/aromatic N) is 5. The first kappa shape index (κ1) is 19.0. The second-order valence-corrected chi connectivity index (χ2v) is 9.03. The van der Waals surface area contributed by atoms with Gasteiger partial charge in [-0.3, -0.25) is 9.67 Å². The minimum atomic E-state index is -3.30. The fourth-order valence-electron chi connectivity index (χ4n) is 3.41. The first-order valence-electron chi connectivity index (χ1n) is 9.07. The third kappa shape index (κ3) is 3.97. The largest absolute Gasteiger partial charge is 0.281 e. The molecule has 0 amide bonds. The summed E-state index contributed by atoms with van der Waals surface area (Å²) in [6.07, 6.45) is 4.41. The Balaban J connectivity index is 1.65. The number of pyridine rings is 1. The number of hydrogen-bond acceptors (Lipinski definition) is 4. The van der Waals surface area contributed by atoms with E-state index < -0.39 is 10.2 Å². The van der Waals surface area contributed by atoms with Gasteiger partial charge in [0.1, 0.15) is 0 Å². The van der Waals surface area contributed by atoms with Gasteiger partial charge in [-0.15, -0.1) is 0 Å². The van der Waals surface area contributed by atoms with Crippen LogP contribution < -0.4 is 0 Å². The topological polar surface area (TPSA) is 71.3 Å². The average molecular weight is 378 g/mol. The summed E-state index contributed by atoms with van der Waals surface area (Å²) in [6.45, 7) is 4.03. The molecule has 2 aromatic rings. The minimum absolute atomic E-state index is 0.461. The van der Waals surface area contributed by atoms with E-state index in [4.69, 9.17) is 4.98 Å². The third-order valence-corrected chi connectivity index (χ3v) is 6.88. The van der Waals surface area contributed by atoms with Crippen LogP contribution in [0.2, 0.25) is 0 Å². The number of hydrogen-bond donors (Lipinski definition) is 0. The minimum Gasteiger partial charge on any atom is -0.264 e. The van der Waals surface area contributed by atoms with Gasteiger partial charge in [0, 0.05) is 45.6 Å². The van der Waals surface area contributed by atoms with Crippen molar-refractivity contribution in [2.45, 2.75) is 32.7 Å². The summed E-state index contributed by atoms with van der Waals surface area (Å²) in [5, 5.41) is 4.31. The first-order valence-corrected chi connectivity index (χ1v) is 10.5. The molecule has 0 saturated carbocycles. The fourth-order valence-corrected chi connectivity index (χ4v) is 4.54. The molecule has 0 atom stereocenters. The van der Waals surface area contributed by atoms with E-state index in [0.717, 1.165) is 42.9 Å². The van der Waals surface area contributed by atoms with Crippen LogP contribution >= 0.6 is 0 Å². The van der Waals surface area contributed by atoms with Gasteiger partial charge in [0.25, 0.3) is 10.2 Å². The zero-order chi connectivity index (χ0) is 18.7. The molecule has 0 aliphatic carbocycles.